The number of amidine groups is 1. The molecular weight excluding hydrogens is 414 g/mol. The zero-order chi connectivity index (χ0) is 21.3. The van der Waals surface area contributed by atoms with Gasteiger partial charge in [0.15, 0.2) is 17.6 Å². The lowest BCUT2D eigenvalue weighted by molar-refractivity contribution is -0.149. The van der Waals surface area contributed by atoms with Crippen LogP contribution in [0.5, 0.6) is 11.5 Å². The first-order chi connectivity index (χ1) is 14.3. The van der Waals surface area contributed by atoms with E-state index in [1.54, 1.807) is 23.1 Å². The fraction of sp³-hybridized carbons (Fsp3) is 0.316. The van der Waals surface area contributed by atoms with Gasteiger partial charge in [-0.1, -0.05) is 0 Å². The van der Waals surface area contributed by atoms with Crippen molar-refractivity contribution in [3.05, 3.63) is 42.1 Å². The molecule has 1 amide bonds. The Morgan fingerprint density at radius 1 is 1.20 bits per heavy atom. The van der Waals surface area contributed by atoms with Gasteiger partial charge in [0.25, 0.3) is 15.9 Å². The van der Waals surface area contributed by atoms with Gasteiger partial charge in [0, 0.05) is 24.5 Å². The molecule has 1 aromatic carbocycles. The fourth-order valence-electron chi connectivity index (χ4n) is 2.97. The number of sulfonamides is 1. The molecule has 0 aromatic heterocycles. The van der Waals surface area contributed by atoms with Crippen LogP contribution in [0.2, 0.25) is 0 Å². The third-order valence-electron chi connectivity index (χ3n) is 4.52. The van der Waals surface area contributed by atoms with Crippen LogP contribution in [0.25, 0.3) is 0 Å². The Bertz CT molecular complexity index is 1090. The van der Waals surface area contributed by atoms with Crippen molar-refractivity contribution in [1.82, 2.24) is 4.90 Å². The molecule has 3 aliphatic rings. The Kier molecular flexibility index (Phi) is 5.20. The Hall–Kier alpha value is -3.34. The summed E-state index contributed by atoms with van der Waals surface area (Å²) in [6, 6.07) is 4.99. The first kappa shape index (κ1) is 20.0. The van der Waals surface area contributed by atoms with Gasteiger partial charge in [-0.3, -0.25) is 4.79 Å². The minimum atomic E-state index is -3.48. The lowest BCUT2D eigenvalue weighted by atomic mass is 10.2. The van der Waals surface area contributed by atoms with E-state index >= 15 is 0 Å². The molecule has 0 fully saturated rings. The smallest absolute Gasteiger partial charge is 0.340 e. The van der Waals surface area contributed by atoms with Gasteiger partial charge >= 0.3 is 5.97 Å². The number of rotatable bonds is 4. The topological polar surface area (TPSA) is 124 Å². The van der Waals surface area contributed by atoms with Crippen molar-refractivity contribution in [1.29, 1.82) is 0 Å². The third-order valence-corrected chi connectivity index (χ3v) is 5.69. The van der Waals surface area contributed by atoms with Crippen molar-refractivity contribution in [3.63, 3.8) is 0 Å². The summed E-state index contributed by atoms with van der Waals surface area (Å²) in [5.74, 6) is 0.0141. The number of nitrogens with zero attached hydrogens (tertiary/aromatic N) is 2. The molecule has 0 unspecified atom stereocenters. The largest absolute Gasteiger partial charge is 0.486 e. The molecule has 30 heavy (non-hydrogen) atoms. The molecule has 3 heterocycles. The van der Waals surface area contributed by atoms with E-state index in [-0.39, 0.29) is 23.7 Å². The van der Waals surface area contributed by atoms with E-state index in [9.17, 15) is 18.0 Å². The summed E-state index contributed by atoms with van der Waals surface area (Å²) in [5.41, 5.74) is 0.673. The van der Waals surface area contributed by atoms with Crippen LogP contribution in [-0.2, 0) is 24.3 Å². The number of anilines is 1. The van der Waals surface area contributed by atoms with Crippen molar-refractivity contribution >= 4 is 33.4 Å². The van der Waals surface area contributed by atoms with Crippen molar-refractivity contribution in [2.24, 2.45) is 4.40 Å². The SMILES string of the molecule is C[C@H](OC(=O)C1=CN2CCS(=O)(=O)N=C2C=C1)C(=O)Nc1ccc2c(c1)OCCO2. The second kappa shape index (κ2) is 7.82. The summed E-state index contributed by atoms with van der Waals surface area (Å²) in [6.07, 6.45) is 3.23. The second-order valence-electron chi connectivity index (χ2n) is 6.74. The number of hydrogen-bond acceptors (Lipinski definition) is 8. The maximum atomic E-state index is 12.4. The number of esters is 1. The van der Waals surface area contributed by atoms with Crippen LogP contribution in [0, 0.1) is 0 Å². The molecule has 0 spiro atoms. The Labute approximate surface area is 172 Å². The lowest BCUT2D eigenvalue weighted by Crippen LogP contribution is -2.37. The maximum Gasteiger partial charge on any atom is 0.340 e. The normalized spacial score (nSPS) is 19.7. The molecule has 0 radical (unpaired) electrons. The summed E-state index contributed by atoms with van der Waals surface area (Å²) in [5, 5.41) is 2.67. The third kappa shape index (κ3) is 4.30. The highest BCUT2D eigenvalue weighted by molar-refractivity contribution is 7.90. The van der Waals surface area contributed by atoms with Gasteiger partial charge in [-0.05, 0) is 31.2 Å². The van der Waals surface area contributed by atoms with Crippen LogP contribution < -0.4 is 14.8 Å². The highest BCUT2D eigenvalue weighted by Crippen LogP contribution is 2.32. The van der Waals surface area contributed by atoms with E-state index in [2.05, 4.69) is 9.71 Å². The average molecular weight is 433 g/mol. The Morgan fingerprint density at radius 3 is 2.77 bits per heavy atom. The molecule has 0 aliphatic carbocycles. The molecule has 11 heteroatoms. The molecular formula is C19H19N3O7S. The number of fused-ring (bicyclic) bond motifs is 2. The summed E-state index contributed by atoms with van der Waals surface area (Å²) < 4.78 is 42.9. The Balaban J connectivity index is 1.37. The lowest BCUT2D eigenvalue weighted by Gasteiger charge is -2.27. The van der Waals surface area contributed by atoms with Gasteiger partial charge in [-0.15, -0.1) is 4.40 Å². The Morgan fingerprint density at radius 2 is 1.97 bits per heavy atom. The standard InChI is InChI=1S/C19H19N3O7S/c1-12(18(23)20-14-3-4-15-16(10-14)28-8-7-27-15)29-19(24)13-2-5-17-21-30(25,26)9-6-22(17)11-13/h2-5,10-12H,6-9H2,1H3,(H,20,23)/t12-/m0/s1. The van der Waals surface area contributed by atoms with E-state index < -0.39 is 28.0 Å². The van der Waals surface area contributed by atoms with Crippen LogP contribution in [0.15, 0.2) is 46.5 Å². The van der Waals surface area contributed by atoms with Crippen molar-refractivity contribution in [2.75, 3.05) is 30.8 Å². The molecule has 3 aliphatic heterocycles. The van der Waals surface area contributed by atoms with Gasteiger partial charge in [-0.2, -0.15) is 0 Å². The molecule has 1 atom stereocenters. The van der Waals surface area contributed by atoms with Gasteiger partial charge in [0.1, 0.15) is 19.0 Å². The predicted molar refractivity (Wildman–Crippen MR) is 107 cm³/mol. The first-order valence-electron chi connectivity index (χ1n) is 9.21. The van der Waals surface area contributed by atoms with Crippen molar-refractivity contribution in [3.8, 4) is 11.5 Å². The van der Waals surface area contributed by atoms with E-state index in [1.165, 1.54) is 25.3 Å². The van der Waals surface area contributed by atoms with Gasteiger partial charge in [0.2, 0.25) is 0 Å². The molecule has 1 N–H and O–H groups in total. The number of hydrogen-bond donors (Lipinski definition) is 1. The number of nitrogens with one attached hydrogen (secondary N) is 1. The number of amides is 1. The molecule has 0 saturated carbocycles. The van der Waals surface area contributed by atoms with E-state index in [1.807, 2.05) is 0 Å². The maximum absolute atomic E-state index is 12.4. The predicted octanol–water partition coefficient (Wildman–Crippen LogP) is 0.826. The van der Waals surface area contributed by atoms with Crippen LogP contribution in [-0.4, -0.2) is 62.6 Å². The molecule has 4 rings (SSSR count). The highest BCUT2D eigenvalue weighted by atomic mass is 32.2. The molecule has 158 valence electrons. The van der Waals surface area contributed by atoms with E-state index in [0.717, 1.165) is 0 Å². The number of carbonyl (C=O) groups is 2. The summed E-state index contributed by atoms with van der Waals surface area (Å²) in [4.78, 5) is 26.4. The van der Waals surface area contributed by atoms with Crippen molar-refractivity contribution in [2.45, 2.75) is 13.0 Å². The van der Waals surface area contributed by atoms with Gasteiger partial charge < -0.3 is 24.4 Å². The zero-order valence-corrected chi connectivity index (χ0v) is 16.8. The van der Waals surface area contributed by atoms with Crippen LogP contribution in [0.1, 0.15) is 6.92 Å². The summed E-state index contributed by atoms with van der Waals surface area (Å²) in [7, 11) is -3.48. The molecule has 0 saturated heterocycles. The van der Waals surface area contributed by atoms with Crippen molar-refractivity contribution < 1.29 is 32.2 Å². The zero-order valence-electron chi connectivity index (χ0n) is 16.0. The number of ether oxygens (including phenoxy) is 3. The second-order valence-corrected chi connectivity index (χ2v) is 8.50. The van der Waals surface area contributed by atoms with Crippen LogP contribution >= 0.6 is 0 Å². The minimum absolute atomic E-state index is 0.141. The molecule has 1 aromatic rings. The van der Waals surface area contributed by atoms with Crippen LogP contribution in [0.4, 0.5) is 5.69 Å². The fourth-order valence-corrected chi connectivity index (χ4v) is 3.94. The monoisotopic (exact) mass is 433 g/mol. The first-order valence-corrected chi connectivity index (χ1v) is 10.8. The van der Waals surface area contributed by atoms with Crippen LogP contribution in [0.3, 0.4) is 0 Å². The molecule has 10 nitrogen and oxygen atoms in total. The quantitative estimate of drug-likeness (QED) is 0.693. The average Bonchev–Trinajstić information content (AvgIpc) is 2.72. The highest BCUT2D eigenvalue weighted by Gasteiger charge is 2.27. The number of carbonyl (C=O) groups excluding carboxylic acids is 2. The minimum Gasteiger partial charge on any atom is -0.486 e. The van der Waals surface area contributed by atoms with E-state index in [0.29, 0.717) is 30.4 Å². The molecule has 0 bridgehead atoms. The van der Waals surface area contributed by atoms with Gasteiger partial charge in [0.05, 0.1) is 11.3 Å². The summed E-state index contributed by atoms with van der Waals surface area (Å²) in [6.45, 7) is 2.54. The number of benzene rings is 1. The van der Waals surface area contributed by atoms with Gasteiger partial charge in [-0.25, -0.2) is 13.2 Å². The summed E-state index contributed by atoms with van der Waals surface area (Å²) >= 11 is 0. The van der Waals surface area contributed by atoms with E-state index in [4.69, 9.17) is 14.2 Å².